The minimum atomic E-state index is -1.71. The number of benzene rings is 4. The lowest BCUT2D eigenvalue weighted by Gasteiger charge is -2.28. The quantitative estimate of drug-likeness (QED) is 0.0861. The molecule has 0 aliphatic rings. The Morgan fingerprint density at radius 1 is 0.481 bits per heavy atom. The summed E-state index contributed by atoms with van der Waals surface area (Å²) in [6, 6.07) is 17.3. The number of ether oxygens (including phenoxy) is 10. The van der Waals surface area contributed by atoms with Crippen LogP contribution in [0.4, 0.5) is 0 Å². The van der Waals surface area contributed by atoms with Crippen molar-refractivity contribution in [3.8, 4) is 45.6 Å². The topological polar surface area (TPSA) is 161 Å². The molecule has 0 N–H and O–H groups in total. The third kappa shape index (κ3) is 8.62. The van der Waals surface area contributed by atoms with Crippen molar-refractivity contribution in [3.05, 3.63) is 82.9 Å². The molecule has 0 spiro atoms. The average Bonchev–Trinajstić information content (AvgIpc) is 3.21. The lowest BCUT2D eigenvalue weighted by Crippen LogP contribution is -2.18. The van der Waals surface area contributed by atoms with Crippen molar-refractivity contribution < 1.29 is 65.4 Å². The summed E-state index contributed by atoms with van der Waals surface area (Å²) >= 11 is 0. The van der Waals surface area contributed by atoms with Gasteiger partial charge in [-0.05, 0) is 24.3 Å². The summed E-state index contributed by atoms with van der Waals surface area (Å²) in [7, 11) is 7.03. The summed E-state index contributed by atoms with van der Waals surface area (Å²) < 4.78 is 84.9. The molecule has 0 saturated heterocycles. The number of carbonyl (C=O) groups excluding carboxylic acids is 2. The summed E-state index contributed by atoms with van der Waals surface area (Å²) in [6.07, 6.45) is 0. The van der Waals surface area contributed by atoms with Crippen molar-refractivity contribution in [1.29, 1.82) is 0 Å². The van der Waals surface area contributed by atoms with Gasteiger partial charge >= 0.3 is 11.9 Å². The van der Waals surface area contributed by atoms with E-state index in [9.17, 15) is 18.0 Å². The van der Waals surface area contributed by atoms with Crippen LogP contribution in [-0.2, 0) is 52.1 Å². The molecule has 4 aromatic carbocycles. The first-order valence-corrected chi connectivity index (χ1v) is 18.7. The number of hydrogen-bond donors (Lipinski definition) is 0. The molecule has 290 valence electrons. The zero-order chi connectivity index (χ0) is 39.4. The maximum atomic E-state index is 13.9. The molecule has 4 aromatic rings. The van der Waals surface area contributed by atoms with E-state index in [2.05, 4.69) is 0 Å². The zero-order valence-corrected chi connectivity index (χ0v) is 32.8. The second kappa shape index (κ2) is 19.8. The first-order chi connectivity index (χ1) is 26.2. The fourth-order valence-electron chi connectivity index (χ4n) is 5.74. The third-order valence-corrected chi connectivity index (χ3v) is 10.7. The minimum absolute atomic E-state index is 0.0189. The second-order valence-electron chi connectivity index (χ2n) is 10.9. The Hall–Kier alpha value is -5.16. The van der Waals surface area contributed by atoms with Crippen LogP contribution >= 0.6 is 0 Å². The van der Waals surface area contributed by atoms with E-state index in [1.165, 1.54) is 56.9 Å². The molecular formula is C38H42O14S2. The highest BCUT2D eigenvalue weighted by Gasteiger charge is 2.40. The molecule has 54 heavy (non-hydrogen) atoms. The Balaban J connectivity index is 2.27. The first kappa shape index (κ1) is 41.6. The lowest BCUT2D eigenvalue weighted by molar-refractivity contribution is 0.0446. The molecule has 0 fully saturated rings. The Morgan fingerprint density at radius 2 is 0.815 bits per heavy atom. The summed E-state index contributed by atoms with van der Waals surface area (Å²) in [4.78, 5) is 28.8. The average molecular weight is 787 g/mol. The molecule has 16 heteroatoms. The summed E-state index contributed by atoms with van der Waals surface area (Å²) in [5, 5.41) is 0. The van der Waals surface area contributed by atoms with E-state index in [1.54, 1.807) is 60.7 Å². The Morgan fingerprint density at radius 3 is 1.09 bits per heavy atom. The van der Waals surface area contributed by atoms with Crippen molar-refractivity contribution in [2.75, 3.05) is 70.5 Å². The number of hydrogen-bond acceptors (Lipinski definition) is 14. The Bertz CT molecular complexity index is 1840. The molecule has 0 aliphatic carbocycles. The molecule has 2 unspecified atom stereocenters. The molecule has 0 bridgehead atoms. The van der Waals surface area contributed by atoms with E-state index in [4.69, 9.17) is 47.4 Å². The van der Waals surface area contributed by atoms with Crippen LogP contribution in [0.3, 0.4) is 0 Å². The Labute approximate surface area is 318 Å². The molecule has 0 aliphatic heterocycles. The van der Waals surface area contributed by atoms with Crippen LogP contribution in [-0.4, -0.2) is 90.8 Å². The summed E-state index contributed by atoms with van der Waals surface area (Å²) in [5.74, 6) is -2.80. The monoisotopic (exact) mass is 786 g/mol. The largest absolute Gasteiger partial charge is 0.492 e. The van der Waals surface area contributed by atoms with Crippen LogP contribution in [0.15, 0.2) is 70.5 Å². The van der Waals surface area contributed by atoms with Crippen LogP contribution in [0.2, 0.25) is 0 Å². The van der Waals surface area contributed by atoms with Crippen molar-refractivity contribution in [2.24, 2.45) is 0 Å². The maximum absolute atomic E-state index is 13.9. The molecule has 0 heterocycles. The van der Waals surface area contributed by atoms with Crippen molar-refractivity contribution in [2.45, 2.75) is 21.3 Å². The smallest absolute Gasteiger partial charge is 0.342 e. The fourth-order valence-corrected chi connectivity index (χ4v) is 8.07. The normalized spacial score (nSPS) is 11.9. The standard InChI is InChI=1S/C38H42O14S2/c1-43-21-51-33-27(37(39)49-7)25(19-53(41)23-15-11-9-12-16-23)31(45-3)35(47-5)29(33)30-34(52-22-44-2)28(38(40)50-8)26(32(46-4)36(30)48-6)20-54(42)24-17-13-10-14-18-24/h9-18H,19-22H2,1-8H3. The van der Waals surface area contributed by atoms with Crippen LogP contribution in [0.1, 0.15) is 31.8 Å². The number of methoxy groups -OCH3 is 8. The predicted molar refractivity (Wildman–Crippen MR) is 199 cm³/mol. The van der Waals surface area contributed by atoms with Gasteiger partial charge in [-0.2, -0.15) is 0 Å². The van der Waals surface area contributed by atoms with Gasteiger partial charge in [0.1, 0.15) is 22.6 Å². The van der Waals surface area contributed by atoms with Gasteiger partial charge in [-0.25, -0.2) is 9.59 Å². The van der Waals surface area contributed by atoms with Crippen LogP contribution in [0, 0.1) is 0 Å². The SMILES string of the molecule is COCOc1c(C(=O)OC)c(CS(=O)c2ccccc2)c(OC)c(OC)c1-c1c(OC)c(OC)c(CS(=O)c2ccccc2)c(C(=O)OC)c1OCOC. The number of rotatable bonds is 19. The predicted octanol–water partition coefficient (Wildman–Crippen LogP) is 5.54. The number of carbonyl (C=O) groups is 2. The maximum Gasteiger partial charge on any atom is 0.342 e. The molecule has 14 nitrogen and oxygen atoms in total. The molecule has 0 radical (unpaired) electrons. The van der Waals surface area contributed by atoms with Crippen LogP contribution < -0.4 is 28.4 Å². The summed E-state index contributed by atoms with van der Waals surface area (Å²) in [6.45, 7) is -0.807. The minimum Gasteiger partial charge on any atom is -0.492 e. The van der Waals surface area contributed by atoms with E-state index in [0.717, 1.165) is 0 Å². The van der Waals surface area contributed by atoms with Crippen molar-refractivity contribution in [3.63, 3.8) is 0 Å². The Kier molecular flexibility index (Phi) is 15.2. The van der Waals surface area contributed by atoms with Gasteiger partial charge in [-0.1, -0.05) is 36.4 Å². The molecule has 0 amide bonds. The van der Waals surface area contributed by atoms with E-state index >= 15 is 0 Å². The zero-order valence-electron chi connectivity index (χ0n) is 31.1. The number of esters is 2. The van der Waals surface area contributed by atoms with Gasteiger partial charge in [-0.3, -0.25) is 8.42 Å². The van der Waals surface area contributed by atoms with Gasteiger partial charge in [0.25, 0.3) is 0 Å². The lowest BCUT2D eigenvalue weighted by atomic mass is 9.90. The molecular weight excluding hydrogens is 745 g/mol. The van der Waals surface area contributed by atoms with E-state index < -0.39 is 47.1 Å². The second-order valence-corrected chi connectivity index (χ2v) is 13.8. The van der Waals surface area contributed by atoms with Gasteiger partial charge in [0.05, 0.1) is 86.9 Å². The highest BCUT2D eigenvalue weighted by molar-refractivity contribution is 7.84. The molecule has 2 atom stereocenters. The van der Waals surface area contributed by atoms with Gasteiger partial charge in [0.2, 0.25) is 0 Å². The van der Waals surface area contributed by atoms with E-state index in [0.29, 0.717) is 9.79 Å². The fraction of sp³-hybridized carbons (Fsp3) is 0.316. The van der Waals surface area contributed by atoms with E-state index in [1.807, 2.05) is 0 Å². The highest BCUT2D eigenvalue weighted by Crippen LogP contribution is 2.59. The molecule has 4 rings (SSSR count). The van der Waals surface area contributed by atoms with Crippen molar-refractivity contribution >= 4 is 33.5 Å². The van der Waals surface area contributed by atoms with Crippen molar-refractivity contribution in [1.82, 2.24) is 0 Å². The van der Waals surface area contributed by atoms with Gasteiger partial charge in [0.15, 0.2) is 36.6 Å². The van der Waals surface area contributed by atoms with E-state index in [-0.39, 0.29) is 79.4 Å². The van der Waals surface area contributed by atoms with Gasteiger partial charge in [-0.15, -0.1) is 0 Å². The van der Waals surface area contributed by atoms with Crippen LogP contribution in [0.5, 0.6) is 34.5 Å². The van der Waals surface area contributed by atoms with Crippen LogP contribution in [0.25, 0.3) is 11.1 Å². The first-order valence-electron chi connectivity index (χ1n) is 16.1. The van der Waals surface area contributed by atoms with Gasteiger partial charge < -0.3 is 47.4 Å². The molecule has 0 saturated carbocycles. The third-order valence-electron chi connectivity index (χ3n) is 7.98. The highest BCUT2D eigenvalue weighted by atomic mass is 32.2. The summed E-state index contributed by atoms with van der Waals surface area (Å²) in [5.41, 5.74) is -0.234. The molecule has 0 aromatic heterocycles. The van der Waals surface area contributed by atoms with Gasteiger partial charge in [0, 0.05) is 35.1 Å².